The maximum atomic E-state index is 15.8. The summed E-state index contributed by atoms with van der Waals surface area (Å²) in [4.78, 5) is 74.4. The Labute approximate surface area is 478 Å². The zero-order valence-electron chi connectivity index (χ0n) is 46.1. The molecule has 0 bridgehead atoms. The predicted octanol–water partition coefficient (Wildman–Crippen LogP) is 8.11. The SMILES string of the molecule is Cc1ncsc1-c1ccc([C@H](C)NC(=O)[C@@H]2C[C@@H](O)CN2C(=O)[C@@H](NC(=O)Cc2ccc(CN3CCN(c4ccc(-c5cnc6[nH]cc(C(=O)c7c(F)ccc(NS(=O)(=O)N8CC[C@@H](F)C8)c7F)c6c5)cc4)CC3)cc2)C(C)(C)C)cc1. The van der Waals surface area contributed by atoms with Crippen LogP contribution in [0.4, 0.5) is 24.5 Å². The van der Waals surface area contributed by atoms with Crippen LogP contribution in [-0.4, -0.2) is 136 Å². The number of carbonyl (C=O) groups is 4. The second-order valence-corrected chi connectivity index (χ2v) is 25.0. The van der Waals surface area contributed by atoms with Crippen molar-refractivity contribution in [2.45, 2.75) is 90.8 Å². The number of halogens is 3. The first-order valence-electron chi connectivity index (χ1n) is 27.3. The average Bonchev–Trinajstić information content (AvgIpc) is 4.13. The molecular formula is C60H65F3N10O7S2. The number of hydrogen-bond acceptors (Lipinski definition) is 12. The maximum absolute atomic E-state index is 15.8. The van der Waals surface area contributed by atoms with Crippen LogP contribution < -0.4 is 20.3 Å². The molecule has 0 unspecified atom stereocenters. The third-order valence-corrected chi connectivity index (χ3v) is 18.0. The molecule has 5 atom stereocenters. The monoisotopic (exact) mass is 1160 g/mol. The Morgan fingerprint density at radius 2 is 1.55 bits per heavy atom. The van der Waals surface area contributed by atoms with E-state index in [4.69, 9.17) is 0 Å². The number of carbonyl (C=O) groups excluding carboxylic acids is 4. The molecule has 0 spiro atoms. The first-order chi connectivity index (χ1) is 39.1. The van der Waals surface area contributed by atoms with Gasteiger partial charge in [0.05, 0.1) is 45.9 Å². The van der Waals surface area contributed by atoms with Gasteiger partial charge < -0.3 is 30.5 Å². The van der Waals surface area contributed by atoms with Crippen molar-refractivity contribution in [1.82, 2.24) is 39.7 Å². The van der Waals surface area contributed by atoms with E-state index in [-0.39, 0.29) is 55.8 Å². The van der Waals surface area contributed by atoms with Crippen LogP contribution in [0.3, 0.4) is 0 Å². The minimum Gasteiger partial charge on any atom is -0.391 e. The Morgan fingerprint density at radius 1 is 0.854 bits per heavy atom. The molecule has 3 amide bonds. The van der Waals surface area contributed by atoms with Crippen LogP contribution in [0.5, 0.6) is 0 Å². The molecule has 10 rings (SSSR count). The molecule has 17 nitrogen and oxygen atoms in total. The number of anilines is 2. The van der Waals surface area contributed by atoms with Crippen LogP contribution in [0.15, 0.2) is 109 Å². The fraction of sp³-hybridized carbons (Fsp3) is 0.367. The number of piperazine rings is 1. The molecular weight excluding hydrogens is 1090 g/mol. The zero-order chi connectivity index (χ0) is 58.2. The third kappa shape index (κ3) is 12.6. The summed E-state index contributed by atoms with van der Waals surface area (Å²) in [5, 5.41) is 17.1. The van der Waals surface area contributed by atoms with Gasteiger partial charge in [-0.3, -0.25) is 28.8 Å². The van der Waals surface area contributed by atoms with Crippen molar-refractivity contribution in [3.8, 4) is 21.6 Å². The Hall–Kier alpha value is -7.50. The van der Waals surface area contributed by atoms with Gasteiger partial charge >= 0.3 is 10.2 Å². The molecule has 3 aliphatic heterocycles. The first-order valence-corrected chi connectivity index (χ1v) is 29.6. The lowest BCUT2D eigenvalue weighted by Gasteiger charge is -2.36. The second-order valence-electron chi connectivity index (χ2n) is 22.5. The van der Waals surface area contributed by atoms with Crippen molar-refractivity contribution in [2.24, 2.45) is 5.41 Å². The van der Waals surface area contributed by atoms with Gasteiger partial charge in [0.15, 0.2) is 5.82 Å². The lowest BCUT2D eigenvalue weighted by atomic mass is 9.85. The number of nitrogens with one attached hydrogen (secondary N) is 4. The van der Waals surface area contributed by atoms with Crippen LogP contribution in [0.25, 0.3) is 32.6 Å². The molecule has 4 aromatic carbocycles. The van der Waals surface area contributed by atoms with Gasteiger partial charge in [-0.25, -0.2) is 23.1 Å². The van der Waals surface area contributed by atoms with Crippen molar-refractivity contribution >= 4 is 67.5 Å². The molecule has 5 N–H and O–H groups in total. The summed E-state index contributed by atoms with van der Waals surface area (Å²) in [7, 11) is -4.38. The zero-order valence-corrected chi connectivity index (χ0v) is 47.7. The average molecular weight is 1160 g/mol. The van der Waals surface area contributed by atoms with E-state index >= 15 is 8.78 Å². The summed E-state index contributed by atoms with van der Waals surface area (Å²) in [6, 6.07) is 24.8. The molecule has 430 valence electrons. The summed E-state index contributed by atoms with van der Waals surface area (Å²) in [6.07, 6.45) is 0.786. The molecule has 3 saturated heterocycles. The summed E-state index contributed by atoms with van der Waals surface area (Å²) >= 11 is 1.57. The van der Waals surface area contributed by atoms with Crippen molar-refractivity contribution < 1.29 is 45.9 Å². The standard InChI is InChI=1S/C60H65F3N10O7S2/c1-35(39-10-12-41(13-11-39)55-36(2)66-34-81-55)67-58(77)50-28-45(74)33-73(50)59(78)56(60(3,4)5)68-51(75)26-37-6-8-38(9-7-37)31-70-22-24-71(25-23-70)44-16-14-40(15-17-44)42-27-46-47(30-65-57(46)64-29-42)54(76)52-48(62)18-19-49(53(52)63)69-82(79,80)72-21-20-43(61)32-72/h6-19,27,29-30,34-35,43,45,50,56,69,74H,20-26,28,31-33H2,1-5H3,(H,64,65)(H,67,77)(H,68,75)/t35-,43+,45+,50-,56+/m0/s1. The quantitative estimate of drug-likeness (QED) is 0.0550. The molecule has 6 heterocycles. The van der Waals surface area contributed by atoms with Gasteiger partial charge in [-0.2, -0.15) is 12.7 Å². The number of aliphatic hydroxyl groups is 1. The number of hydrogen-bond donors (Lipinski definition) is 5. The van der Waals surface area contributed by atoms with E-state index < -0.39 is 81.1 Å². The van der Waals surface area contributed by atoms with E-state index in [2.05, 4.69) is 35.4 Å². The van der Waals surface area contributed by atoms with Gasteiger partial charge in [-0.1, -0.05) is 81.4 Å². The highest BCUT2D eigenvalue weighted by Gasteiger charge is 2.45. The number of pyridine rings is 1. The fourth-order valence-electron chi connectivity index (χ4n) is 10.9. The van der Waals surface area contributed by atoms with Crippen molar-refractivity contribution in [1.29, 1.82) is 0 Å². The van der Waals surface area contributed by atoms with Crippen LogP contribution in [0.1, 0.15) is 84.9 Å². The molecule has 3 fully saturated rings. The number of amides is 3. The molecule has 22 heteroatoms. The summed E-state index contributed by atoms with van der Waals surface area (Å²) in [5.74, 6) is -4.74. The van der Waals surface area contributed by atoms with E-state index in [1.54, 1.807) is 23.6 Å². The Bertz CT molecular complexity index is 3620. The molecule has 3 aromatic heterocycles. The number of H-pyrrole nitrogens is 1. The minimum absolute atomic E-state index is 0.00887. The highest BCUT2D eigenvalue weighted by Crippen LogP contribution is 2.34. The number of rotatable bonds is 17. The number of aliphatic hydroxyl groups excluding tert-OH is 1. The number of nitrogens with zero attached hydrogens (tertiary/aromatic N) is 6. The lowest BCUT2D eigenvalue weighted by molar-refractivity contribution is -0.144. The highest BCUT2D eigenvalue weighted by atomic mass is 32.2. The molecule has 3 aliphatic rings. The van der Waals surface area contributed by atoms with E-state index in [0.29, 0.717) is 23.1 Å². The van der Waals surface area contributed by atoms with Gasteiger partial charge in [-0.05, 0) is 83.8 Å². The smallest absolute Gasteiger partial charge is 0.301 e. The van der Waals surface area contributed by atoms with E-state index in [9.17, 15) is 37.1 Å². The number of aromatic nitrogens is 3. The van der Waals surface area contributed by atoms with Gasteiger partial charge in [0.25, 0.3) is 0 Å². The molecule has 0 aliphatic carbocycles. The van der Waals surface area contributed by atoms with Crippen LogP contribution in [0.2, 0.25) is 0 Å². The summed E-state index contributed by atoms with van der Waals surface area (Å²) in [6.45, 7) is 12.7. The van der Waals surface area contributed by atoms with E-state index in [1.165, 1.54) is 11.1 Å². The van der Waals surface area contributed by atoms with Crippen molar-refractivity contribution in [2.75, 3.05) is 55.4 Å². The number of benzene rings is 4. The molecule has 7 aromatic rings. The fourth-order valence-corrected chi connectivity index (χ4v) is 13.0. The number of alkyl halides is 1. The lowest BCUT2D eigenvalue weighted by Crippen LogP contribution is -2.58. The molecule has 0 saturated carbocycles. The highest BCUT2D eigenvalue weighted by molar-refractivity contribution is 7.90. The topological polar surface area (TPSA) is 213 Å². The Balaban J connectivity index is 0.708. The Morgan fingerprint density at radius 3 is 2.21 bits per heavy atom. The predicted molar refractivity (Wildman–Crippen MR) is 309 cm³/mol. The molecule has 82 heavy (non-hydrogen) atoms. The number of likely N-dealkylation sites (tertiary alicyclic amines) is 1. The van der Waals surface area contributed by atoms with Crippen LogP contribution in [-0.2, 0) is 37.6 Å². The minimum atomic E-state index is -4.38. The third-order valence-electron chi connectivity index (χ3n) is 15.6. The largest absolute Gasteiger partial charge is 0.391 e. The Kier molecular flexibility index (Phi) is 16.7. The van der Waals surface area contributed by atoms with Crippen LogP contribution in [0, 0.1) is 24.0 Å². The molecule has 0 radical (unpaired) electrons. The van der Waals surface area contributed by atoms with Gasteiger partial charge in [-0.15, -0.1) is 11.3 Å². The number of aromatic amines is 1. The van der Waals surface area contributed by atoms with Gasteiger partial charge in [0.2, 0.25) is 23.5 Å². The van der Waals surface area contributed by atoms with Gasteiger partial charge in [0.1, 0.15) is 29.7 Å². The number of thiazole rings is 1. The number of aryl methyl sites for hydroxylation is 1. The van der Waals surface area contributed by atoms with Crippen molar-refractivity contribution in [3.05, 3.63) is 154 Å². The van der Waals surface area contributed by atoms with E-state index in [0.717, 1.165) is 86.7 Å². The first kappa shape index (κ1) is 57.7. The number of fused-ring (bicyclic) bond motifs is 1. The summed E-state index contributed by atoms with van der Waals surface area (Å²) < 4.78 is 73.4. The second kappa shape index (κ2) is 23.8. The van der Waals surface area contributed by atoms with Crippen LogP contribution >= 0.6 is 11.3 Å². The number of β-amino-alcohol motifs (C(OH)–C–C–N with tert-alkyl or cyclic N) is 1. The number of ketones is 1. The van der Waals surface area contributed by atoms with Crippen molar-refractivity contribution in [3.63, 3.8) is 0 Å². The summed E-state index contributed by atoms with van der Waals surface area (Å²) in [5.41, 5.74) is 6.93. The normalized spacial score (nSPS) is 18.9. The van der Waals surface area contributed by atoms with Gasteiger partial charge in [0, 0.05) is 93.4 Å². The van der Waals surface area contributed by atoms with E-state index in [1.807, 2.05) is 118 Å². The maximum Gasteiger partial charge on any atom is 0.301 e.